The third kappa shape index (κ3) is 5.51. The van der Waals surface area contributed by atoms with Gasteiger partial charge in [-0.05, 0) is 60.2 Å². The Bertz CT molecular complexity index is 910. The van der Waals surface area contributed by atoms with Crippen molar-refractivity contribution in [1.29, 1.82) is 0 Å². The number of hydrogen-bond acceptors (Lipinski definition) is 6. The third-order valence-corrected chi connectivity index (χ3v) is 3.62. The molecule has 0 aliphatic carbocycles. The number of hydrogen-bond donors (Lipinski definition) is 1. The first-order valence-corrected chi connectivity index (χ1v) is 8.02. The number of ether oxygens (including phenoxy) is 2. The molecule has 0 fully saturated rings. The smallest absolute Gasteiger partial charge is 0.379 e. The van der Waals surface area contributed by atoms with Crippen LogP contribution in [0, 0.1) is 0 Å². The number of esters is 1. The van der Waals surface area contributed by atoms with Gasteiger partial charge in [0, 0.05) is 5.02 Å². The van der Waals surface area contributed by atoms with Crippen LogP contribution in [0.4, 0.5) is 5.69 Å². The number of rotatable bonds is 6. The van der Waals surface area contributed by atoms with Crippen molar-refractivity contribution < 1.29 is 18.7 Å². The van der Waals surface area contributed by atoms with Gasteiger partial charge in [-0.2, -0.15) is 5.10 Å². The molecule has 140 valence electrons. The monoisotopic (exact) mass is 406 g/mol. The van der Waals surface area contributed by atoms with Gasteiger partial charge in [0.15, 0.2) is 11.5 Å². The Hall–Kier alpha value is -2.96. The highest BCUT2D eigenvalue weighted by Crippen LogP contribution is 2.28. The van der Waals surface area contributed by atoms with Crippen molar-refractivity contribution in [2.75, 3.05) is 12.5 Å². The standard InChI is InChI=1S/C19H15ClN2O4.ClH/c1-24-18-11-13(12-21-22-15-7-5-14(20)6-8-15)4-9-16(18)26-19(23)17-3-2-10-25-17;/h2-12,22H,1H3;1H. The Kier molecular flexibility index (Phi) is 7.28. The molecular formula is C19H16Cl2N2O4. The molecule has 1 aromatic heterocycles. The number of nitrogens with zero attached hydrogens (tertiary/aromatic N) is 1. The fourth-order valence-corrected chi connectivity index (χ4v) is 2.23. The lowest BCUT2D eigenvalue weighted by atomic mass is 10.2. The molecule has 0 amide bonds. The first-order valence-electron chi connectivity index (χ1n) is 7.64. The zero-order valence-electron chi connectivity index (χ0n) is 14.2. The maximum atomic E-state index is 12.0. The Balaban J connectivity index is 0.00000261. The number of hydrazone groups is 1. The Labute approximate surface area is 167 Å². The predicted molar refractivity (Wildman–Crippen MR) is 107 cm³/mol. The van der Waals surface area contributed by atoms with Crippen LogP contribution in [0.15, 0.2) is 70.4 Å². The summed E-state index contributed by atoms with van der Waals surface area (Å²) >= 11 is 5.84. The molecule has 8 heteroatoms. The van der Waals surface area contributed by atoms with Crippen LogP contribution in [-0.4, -0.2) is 19.3 Å². The Morgan fingerprint density at radius 2 is 1.93 bits per heavy atom. The van der Waals surface area contributed by atoms with Gasteiger partial charge in [0.2, 0.25) is 5.76 Å². The molecule has 3 rings (SSSR count). The minimum absolute atomic E-state index is 0. The Morgan fingerprint density at radius 3 is 2.59 bits per heavy atom. The van der Waals surface area contributed by atoms with Crippen LogP contribution in [0.2, 0.25) is 5.02 Å². The molecule has 0 aliphatic heterocycles. The zero-order valence-corrected chi connectivity index (χ0v) is 15.8. The predicted octanol–water partition coefficient (Wildman–Crippen LogP) is 5.03. The molecule has 0 unspecified atom stereocenters. The number of carbonyl (C=O) groups is 1. The topological polar surface area (TPSA) is 73.1 Å². The molecule has 2 aromatic carbocycles. The number of benzene rings is 2. The summed E-state index contributed by atoms with van der Waals surface area (Å²) in [5, 5.41) is 4.81. The second-order valence-electron chi connectivity index (χ2n) is 5.15. The van der Waals surface area contributed by atoms with Crippen molar-refractivity contribution in [3.8, 4) is 11.5 Å². The van der Waals surface area contributed by atoms with Gasteiger partial charge in [0.25, 0.3) is 0 Å². The summed E-state index contributed by atoms with van der Waals surface area (Å²) in [4.78, 5) is 12.0. The molecule has 3 aromatic rings. The molecule has 0 saturated carbocycles. The average Bonchev–Trinajstić information content (AvgIpc) is 3.19. The molecule has 0 atom stereocenters. The summed E-state index contributed by atoms with van der Waals surface area (Å²) in [6.07, 6.45) is 3.02. The van der Waals surface area contributed by atoms with E-state index in [4.69, 9.17) is 25.5 Å². The molecule has 1 N–H and O–H groups in total. The lowest BCUT2D eigenvalue weighted by molar-refractivity contribution is 0.0696. The molecule has 27 heavy (non-hydrogen) atoms. The summed E-state index contributed by atoms with van der Waals surface area (Å²) in [6, 6.07) is 15.4. The lowest BCUT2D eigenvalue weighted by Crippen LogP contribution is -2.08. The van der Waals surface area contributed by atoms with Gasteiger partial charge in [-0.25, -0.2) is 4.79 Å². The summed E-state index contributed by atoms with van der Waals surface area (Å²) in [6.45, 7) is 0. The van der Waals surface area contributed by atoms with Crippen molar-refractivity contribution >= 4 is 41.9 Å². The van der Waals surface area contributed by atoms with Crippen molar-refractivity contribution in [1.82, 2.24) is 0 Å². The minimum Gasteiger partial charge on any atom is -0.493 e. The van der Waals surface area contributed by atoms with Gasteiger partial charge >= 0.3 is 5.97 Å². The zero-order chi connectivity index (χ0) is 18.4. The van der Waals surface area contributed by atoms with Crippen LogP contribution in [0.3, 0.4) is 0 Å². The second-order valence-corrected chi connectivity index (χ2v) is 5.59. The highest BCUT2D eigenvalue weighted by atomic mass is 35.5. The van der Waals surface area contributed by atoms with Crippen molar-refractivity contribution in [3.05, 3.63) is 77.2 Å². The molecule has 0 radical (unpaired) electrons. The van der Waals surface area contributed by atoms with Gasteiger partial charge in [-0.15, -0.1) is 12.4 Å². The van der Waals surface area contributed by atoms with Crippen molar-refractivity contribution in [2.24, 2.45) is 5.10 Å². The van der Waals surface area contributed by atoms with E-state index in [1.54, 1.807) is 42.6 Å². The molecule has 0 bridgehead atoms. The van der Waals surface area contributed by atoms with E-state index < -0.39 is 5.97 Å². The average molecular weight is 407 g/mol. The van der Waals surface area contributed by atoms with Crippen molar-refractivity contribution in [2.45, 2.75) is 0 Å². The summed E-state index contributed by atoms with van der Waals surface area (Å²) in [5.41, 5.74) is 4.47. The molecule has 1 heterocycles. The van der Waals surface area contributed by atoms with E-state index in [1.807, 2.05) is 12.1 Å². The van der Waals surface area contributed by atoms with Crippen LogP contribution >= 0.6 is 24.0 Å². The first kappa shape index (κ1) is 20.4. The van der Waals surface area contributed by atoms with Crippen LogP contribution in [-0.2, 0) is 0 Å². The maximum absolute atomic E-state index is 12.0. The quantitative estimate of drug-likeness (QED) is 0.269. The number of anilines is 1. The second kappa shape index (κ2) is 9.66. The molecule has 6 nitrogen and oxygen atoms in total. The van der Waals surface area contributed by atoms with E-state index in [1.165, 1.54) is 19.4 Å². The highest BCUT2D eigenvalue weighted by molar-refractivity contribution is 6.30. The Morgan fingerprint density at radius 1 is 1.15 bits per heavy atom. The summed E-state index contributed by atoms with van der Waals surface area (Å²) < 4.78 is 15.6. The summed E-state index contributed by atoms with van der Waals surface area (Å²) in [5.74, 6) is 0.209. The fourth-order valence-electron chi connectivity index (χ4n) is 2.10. The SMILES string of the molecule is COc1cc(C=NNc2ccc(Cl)cc2)ccc1OC(=O)c1ccco1.Cl. The minimum atomic E-state index is -0.598. The molecule has 0 spiro atoms. The number of nitrogens with one attached hydrogen (secondary N) is 1. The number of methoxy groups -OCH3 is 1. The number of furan rings is 1. The van der Waals surface area contributed by atoms with E-state index in [-0.39, 0.29) is 23.9 Å². The van der Waals surface area contributed by atoms with Crippen molar-refractivity contribution in [3.63, 3.8) is 0 Å². The van der Waals surface area contributed by atoms with Crippen LogP contribution < -0.4 is 14.9 Å². The lowest BCUT2D eigenvalue weighted by Gasteiger charge is -2.09. The van der Waals surface area contributed by atoms with Crippen LogP contribution in [0.5, 0.6) is 11.5 Å². The third-order valence-electron chi connectivity index (χ3n) is 3.36. The highest BCUT2D eigenvalue weighted by Gasteiger charge is 2.14. The van der Waals surface area contributed by atoms with Gasteiger partial charge in [-0.3, -0.25) is 5.43 Å². The van der Waals surface area contributed by atoms with E-state index in [9.17, 15) is 4.79 Å². The fraction of sp³-hybridized carbons (Fsp3) is 0.0526. The van der Waals surface area contributed by atoms with Crippen LogP contribution in [0.1, 0.15) is 16.1 Å². The van der Waals surface area contributed by atoms with E-state index >= 15 is 0 Å². The largest absolute Gasteiger partial charge is 0.493 e. The molecule has 0 saturated heterocycles. The van der Waals surface area contributed by atoms with Crippen LogP contribution in [0.25, 0.3) is 0 Å². The van der Waals surface area contributed by atoms with Gasteiger partial charge in [0.1, 0.15) is 0 Å². The van der Waals surface area contributed by atoms with Gasteiger partial charge < -0.3 is 13.9 Å². The van der Waals surface area contributed by atoms with E-state index in [0.717, 1.165) is 11.3 Å². The van der Waals surface area contributed by atoms with Gasteiger partial charge in [0.05, 0.1) is 25.3 Å². The molecule has 0 aliphatic rings. The number of halogens is 2. The maximum Gasteiger partial charge on any atom is 0.379 e. The van der Waals surface area contributed by atoms with E-state index in [2.05, 4.69) is 10.5 Å². The molecular weight excluding hydrogens is 391 g/mol. The summed E-state index contributed by atoms with van der Waals surface area (Å²) in [7, 11) is 1.49. The number of carbonyl (C=O) groups excluding carboxylic acids is 1. The first-order chi connectivity index (χ1) is 12.7. The van der Waals surface area contributed by atoms with Gasteiger partial charge in [-0.1, -0.05) is 11.6 Å². The van der Waals surface area contributed by atoms with E-state index in [0.29, 0.717) is 10.8 Å². The normalized spacial score (nSPS) is 10.3.